The van der Waals surface area contributed by atoms with Crippen molar-refractivity contribution in [3.8, 4) is 0 Å². The van der Waals surface area contributed by atoms with Gasteiger partial charge in [-0.25, -0.2) is 4.68 Å². The molecule has 3 aromatic rings. The van der Waals surface area contributed by atoms with E-state index in [1.807, 2.05) is 46.1 Å². The summed E-state index contributed by atoms with van der Waals surface area (Å²) in [6.45, 7) is 5.76. The summed E-state index contributed by atoms with van der Waals surface area (Å²) in [6.07, 6.45) is 2.74. The normalized spacial score (nSPS) is 16.6. The smallest absolute Gasteiger partial charge is 0.259 e. The van der Waals surface area contributed by atoms with Crippen LogP contribution in [0.25, 0.3) is 0 Å². The maximum absolute atomic E-state index is 12.8. The Bertz CT molecular complexity index is 930. The van der Waals surface area contributed by atoms with Gasteiger partial charge in [-0.1, -0.05) is 40.7 Å². The molecule has 1 aromatic carbocycles. The van der Waals surface area contributed by atoms with Gasteiger partial charge < -0.3 is 14.2 Å². The Morgan fingerprint density at radius 3 is 2.82 bits per heavy atom. The third-order valence-electron chi connectivity index (χ3n) is 4.99. The molecule has 0 radical (unpaired) electrons. The van der Waals surface area contributed by atoms with E-state index in [-0.39, 0.29) is 11.9 Å². The van der Waals surface area contributed by atoms with Crippen molar-refractivity contribution in [1.29, 1.82) is 0 Å². The maximum atomic E-state index is 12.8. The van der Waals surface area contributed by atoms with Crippen LogP contribution in [-0.4, -0.2) is 44.0 Å². The van der Waals surface area contributed by atoms with Crippen molar-refractivity contribution < 1.29 is 14.1 Å². The number of likely N-dealkylation sites (tertiary alicyclic amines) is 1. The average Bonchev–Trinajstić information content (AvgIpc) is 3.43. The van der Waals surface area contributed by atoms with Gasteiger partial charge in [-0.2, -0.15) is 0 Å². The summed E-state index contributed by atoms with van der Waals surface area (Å²) in [5.74, 6) is 0.523. The predicted molar refractivity (Wildman–Crippen MR) is 100 cm³/mol. The standard InChI is InChI=1S/C20H23N5O3/c1-14-19(15(2)28-22-14)20(26)24-9-8-18(11-24)25-10-17(21-23-25)13-27-12-16-6-4-3-5-7-16/h3-7,10,18H,8-9,11-13H2,1-2H3. The molecular weight excluding hydrogens is 358 g/mol. The number of carbonyl (C=O) groups is 1. The first kappa shape index (κ1) is 18.4. The molecule has 0 spiro atoms. The zero-order valence-electron chi connectivity index (χ0n) is 16.0. The third kappa shape index (κ3) is 3.82. The summed E-state index contributed by atoms with van der Waals surface area (Å²) in [4.78, 5) is 14.6. The molecule has 2 aromatic heterocycles. The van der Waals surface area contributed by atoms with Crippen molar-refractivity contribution in [3.63, 3.8) is 0 Å². The largest absolute Gasteiger partial charge is 0.370 e. The Morgan fingerprint density at radius 2 is 2.07 bits per heavy atom. The van der Waals surface area contributed by atoms with Crippen LogP contribution in [0.15, 0.2) is 41.1 Å². The number of benzene rings is 1. The summed E-state index contributed by atoms with van der Waals surface area (Å²) in [7, 11) is 0. The molecule has 1 aliphatic heterocycles. The highest BCUT2D eigenvalue weighted by Gasteiger charge is 2.31. The minimum atomic E-state index is -0.0368. The molecule has 0 N–H and O–H groups in total. The highest BCUT2D eigenvalue weighted by molar-refractivity contribution is 5.96. The molecule has 1 saturated heterocycles. The fourth-order valence-corrected chi connectivity index (χ4v) is 3.49. The van der Waals surface area contributed by atoms with Gasteiger partial charge in [0, 0.05) is 13.1 Å². The molecule has 1 aliphatic rings. The molecular formula is C20H23N5O3. The van der Waals surface area contributed by atoms with E-state index in [1.165, 1.54) is 0 Å². The van der Waals surface area contributed by atoms with Gasteiger partial charge in [0.1, 0.15) is 17.0 Å². The SMILES string of the molecule is Cc1noc(C)c1C(=O)N1CCC(n2cc(COCc3ccccc3)nn2)C1. The average molecular weight is 381 g/mol. The Hall–Kier alpha value is -3.00. The van der Waals surface area contributed by atoms with Crippen molar-refractivity contribution >= 4 is 5.91 Å². The number of amides is 1. The van der Waals surface area contributed by atoms with Gasteiger partial charge in [0.2, 0.25) is 0 Å². The van der Waals surface area contributed by atoms with E-state index in [4.69, 9.17) is 9.26 Å². The quantitative estimate of drug-likeness (QED) is 0.652. The second-order valence-corrected chi connectivity index (χ2v) is 7.06. The number of carbonyl (C=O) groups excluding carboxylic acids is 1. The first-order chi connectivity index (χ1) is 13.6. The van der Waals surface area contributed by atoms with E-state index < -0.39 is 0 Å². The van der Waals surface area contributed by atoms with Gasteiger partial charge in [-0.3, -0.25) is 4.79 Å². The fraction of sp³-hybridized carbons (Fsp3) is 0.400. The lowest BCUT2D eigenvalue weighted by atomic mass is 10.2. The number of aryl methyl sites for hydroxylation is 2. The number of rotatable bonds is 6. The second-order valence-electron chi connectivity index (χ2n) is 7.06. The van der Waals surface area contributed by atoms with Crippen LogP contribution in [-0.2, 0) is 18.0 Å². The summed E-state index contributed by atoms with van der Waals surface area (Å²) in [5.41, 5.74) is 3.10. The number of ether oxygens (including phenoxy) is 1. The van der Waals surface area contributed by atoms with Gasteiger partial charge in [0.15, 0.2) is 0 Å². The third-order valence-corrected chi connectivity index (χ3v) is 4.99. The number of hydrogen-bond acceptors (Lipinski definition) is 6. The number of hydrogen-bond donors (Lipinski definition) is 0. The molecule has 0 bridgehead atoms. The minimum absolute atomic E-state index is 0.0368. The number of nitrogens with zero attached hydrogens (tertiary/aromatic N) is 5. The van der Waals surface area contributed by atoms with Crippen LogP contribution >= 0.6 is 0 Å². The van der Waals surface area contributed by atoms with Crippen LogP contribution in [0.3, 0.4) is 0 Å². The molecule has 8 nitrogen and oxygen atoms in total. The molecule has 28 heavy (non-hydrogen) atoms. The molecule has 1 unspecified atom stereocenters. The van der Waals surface area contributed by atoms with Crippen molar-refractivity contribution in [1.82, 2.24) is 25.1 Å². The molecule has 3 heterocycles. The second kappa shape index (κ2) is 7.93. The van der Waals surface area contributed by atoms with E-state index in [0.717, 1.165) is 17.7 Å². The Balaban J connectivity index is 1.33. The predicted octanol–water partition coefficient (Wildman–Crippen LogP) is 2.69. The van der Waals surface area contributed by atoms with Crippen LogP contribution in [0.1, 0.15) is 45.5 Å². The fourth-order valence-electron chi connectivity index (χ4n) is 3.49. The maximum Gasteiger partial charge on any atom is 0.259 e. The Labute approximate surface area is 163 Å². The molecule has 1 amide bonds. The van der Waals surface area contributed by atoms with Crippen LogP contribution in [0.2, 0.25) is 0 Å². The zero-order chi connectivity index (χ0) is 19.5. The highest BCUT2D eigenvalue weighted by atomic mass is 16.5. The monoisotopic (exact) mass is 381 g/mol. The lowest BCUT2D eigenvalue weighted by Crippen LogP contribution is -2.30. The van der Waals surface area contributed by atoms with Gasteiger partial charge in [0.05, 0.1) is 31.1 Å². The topological polar surface area (TPSA) is 86.3 Å². The van der Waals surface area contributed by atoms with E-state index >= 15 is 0 Å². The van der Waals surface area contributed by atoms with Gasteiger partial charge in [0.25, 0.3) is 5.91 Å². The molecule has 1 fully saturated rings. The first-order valence-electron chi connectivity index (χ1n) is 9.36. The highest BCUT2D eigenvalue weighted by Crippen LogP contribution is 2.24. The molecule has 146 valence electrons. The van der Waals surface area contributed by atoms with Crippen LogP contribution < -0.4 is 0 Å². The molecule has 0 aliphatic carbocycles. The van der Waals surface area contributed by atoms with Crippen molar-refractivity contribution in [3.05, 3.63) is 64.8 Å². The first-order valence-corrected chi connectivity index (χ1v) is 9.36. The van der Waals surface area contributed by atoms with Crippen LogP contribution in [0.4, 0.5) is 0 Å². The van der Waals surface area contributed by atoms with Crippen molar-refractivity contribution in [2.45, 2.75) is 39.5 Å². The van der Waals surface area contributed by atoms with E-state index in [0.29, 0.717) is 43.3 Å². The van der Waals surface area contributed by atoms with Gasteiger partial charge >= 0.3 is 0 Å². The molecule has 8 heteroatoms. The van der Waals surface area contributed by atoms with E-state index in [1.54, 1.807) is 13.8 Å². The summed E-state index contributed by atoms with van der Waals surface area (Å²) >= 11 is 0. The lowest BCUT2D eigenvalue weighted by molar-refractivity contribution is 0.0784. The van der Waals surface area contributed by atoms with Crippen molar-refractivity contribution in [2.24, 2.45) is 0 Å². The minimum Gasteiger partial charge on any atom is -0.370 e. The lowest BCUT2D eigenvalue weighted by Gasteiger charge is -2.16. The van der Waals surface area contributed by atoms with Crippen LogP contribution in [0, 0.1) is 13.8 Å². The van der Waals surface area contributed by atoms with E-state index in [9.17, 15) is 4.79 Å². The zero-order valence-corrected chi connectivity index (χ0v) is 16.0. The molecule has 1 atom stereocenters. The Morgan fingerprint density at radius 1 is 1.25 bits per heavy atom. The van der Waals surface area contributed by atoms with Crippen LogP contribution in [0.5, 0.6) is 0 Å². The summed E-state index contributed by atoms with van der Waals surface area (Å²) < 4.78 is 12.7. The van der Waals surface area contributed by atoms with Gasteiger partial charge in [-0.15, -0.1) is 5.10 Å². The summed E-state index contributed by atoms with van der Waals surface area (Å²) in [6, 6.07) is 10.1. The molecule has 0 saturated carbocycles. The Kier molecular flexibility index (Phi) is 5.21. The van der Waals surface area contributed by atoms with Gasteiger partial charge in [-0.05, 0) is 25.8 Å². The van der Waals surface area contributed by atoms with Crippen molar-refractivity contribution in [2.75, 3.05) is 13.1 Å². The molecule has 4 rings (SSSR count). The summed E-state index contributed by atoms with van der Waals surface area (Å²) in [5, 5.41) is 12.3. The number of aromatic nitrogens is 4. The van der Waals surface area contributed by atoms with E-state index in [2.05, 4.69) is 15.5 Å².